The molecule has 1 saturated heterocycles. The molecule has 6 nitrogen and oxygen atoms in total. The molecule has 1 aromatic rings. The first-order valence-corrected chi connectivity index (χ1v) is 9.12. The number of nitrogens with one attached hydrogen (secondary N) is 2. The van der Waals surface area contributed by atoms with Gasteiger partial charge in [0.05, 0.1) is 0 Å². The van der Waals surface area contributed by atoms with E-state index in [-0.39, 0.29) is 18.0 Å². The highest BCUT2D eigenvalue weighted by Crippen LogP contribution is 2.29. The van der Waals surface area contributed by atoms with Gasteiger partial charge in [0, 0.05) is 37.1 Å². The fourth-order valence-corrected chi connectivity index (χ4v) is 3.57. The highest BCUT2D eigenvalue weighted by atomic mass is 32.1. The van der Waals surface area contributed by atoms with Crippen LogP contribution in [0, 0.1) is 11.8 Å². The summed E-state index contributed by atoms with van der Waals surface area (Å²) in [6.07, 6.45) is 4.02. The molecule has 0 aliphatic carbocycles. The Balaban J connectivity index is 1.86. The number of amides is 3. The van der Waals surface area contributed by atoms with Crippen LogP contribution in [0.1, 0.15) is 40.0 Å². The maximum absolute atomic E-state index is 12.2. The van der Waals surface area contributed by atoms with Crippen molar-refractivity contribution in [2.75, 3.05) is 18.4 Å². The van der Waals surface area contributed by atoms with Crippen LogP contribution in [0.3, 0.4) is 0 Å². The summed E-state index contributed by atoms with van der Waals surface area (Å²) in [5.41, 5.74) is 0. The van der Waals surface area contributed by atoms with Gasteiger partial charge in [-0.05, 0) is 32.1 Å². The number of piperidine rings is 1. The Morgan fingerprint density at radius 1 is 1.43 bits per heavy atom. The number of carbonyl (C=O) groups excluding carboxylic acids is 2. The lowest BCUT2D eigenvalue weighted by Crippen LogP contribution is -2.49. The van der Waals surface area contributed by atoms with Crippen molar-refractivity contribution in [1.29, 1.82) is 0 Å². The zero-order valence-electron chi connectivity index (χ0n) is 14.0. The first-order valence-electron chi connectivity index (χ1n) is 8.24. The van der Waals surface area contributed by atoms with Gasteiger partial charge in [-0.15, -0.1) is 11.3 Å². The van der Waals surface area contributed by atoms with Crippen LogP contribution in [0.2, 0.25) is 0 Å². The molecule has 0 spiro atoms. The van der Waals surface area contributed by atoms with E-state index in [1.54, 1.807) is 6.20 Å². The Hall–Kier alpha value is -1.63. The minimum atomic E-state index is 0.00383. The average molecular weight is 338 g/mol. The monoisotopic (exact) mass is 338 g/mol. The molecule has 1 aliphatic rings. The van der Waals surface area contributed by atoms with Crippen molar-refractivity contribution < 1.29 is 9.59 Å². The second-order valence-corrected chi connectivity index (χ2v) is 7.25. The topological polar surface area (TPSA) is 74.3 Å². The van der Waals surface area contributed by atoms with Gasteiger partial charge in [-0.1, -0.05) is 13.3 Å². The summed E-state index contributed by atoms with van der Waals surface area (Å²) in [4.78, 5) is 30.3. The normalized spacial score (nSPS) is 21.3. The largest absolute Gasteiger partial charge is 0.336 e. The van der Waals surface area contributed by atoms with E-state index < -0.39 is 0 Å². The molecule has 7 heteroatoms. The standard InChI is InChI=1S/C16H26N4O2S/c1-4-12-10-20(16(22)18-11(2)3)7-5-13(12)9-14(21)19-15-17-6-8-23-15/h6,8,11-13H,4-5,7,9-10H2,1-3H3,(H,18,22)(H,17,19,21)/t12-,13-/m0/s1. The number of aromatic nitrogens is 1. The third-order valence-corrected chi connectivity index (χ3v) is 4.93. The molecule has 23 heavy (non-hydrogen) atoms. The molecule has 0 radical (unpaired) electrons. The predicted molar refractivity (Wildman–Crippen MR) is 92.5 cm³/mol. The van der Waals surface area contributed by atoms with Gasteiger partial charge in [-0.25, -0.2) is 9.78 Å². The summed E-state index contributed by atoms with van der Waals surface area (Å²) in [5.74, 6) is 0.704. The van der Waals surface area contributed by atoms with Crippen LogP contribution in [0.5, 0.6) is 0 Å². The fraction of sp³-hybridized carbons (Fsp3) is 0.688. The van der Waals surface area contributed by atoms with Gasteiger partial charge in [-0.2, -0.15) is 0 Å². The van der Waals surface area contributed by atoms with Crippen LogP contribution in [-0.2, 0) is 4.79 Å². The Bertz CT molecular complexity index is 518. The molecule has 3 amide bonds. The second kappa shape index (κ2) is 8.29. The molecule has 2 rings (SSSR count). The molecule has 2 N–H and O–H groups in total. The lowest BCUT2D eigenvalue weighted by Gasteiger charge is -2.38. The Morgan fingerprint density at radius 2 is 2.22 bits per heavy atom. The lowest BCUT2D eigenvalue weighted by molar-refractivity contribution is -0.117. The van der Waals surface area contributed by atoms with Crippen molar-refractivity contribution in [2.45, 2.75) is 46.1 Å². The number of hydrogen-bond acceptors (Lipinski definition) is 4. The maximum Gasteiger partial charge on any atom is 0.317 e. The fourth-order valence-electron chi connectivity index (χ4n) is 3.03. The van der Waals surface area contributed by atoms with Crippen molar-refractivity contribution in [2.24, 2.45) is 11.8 Å². The molecular weight excluding hydrogens is 312 g/mol. The second-order valence-electron chi connectivity index (χ2n) is 6.36. The minimum Gasteiger partial charge on any atom is -0.336 e. The zero-order chi connectivity index (χ0) is 16.8. The number of thiazole rings is 1. The molecule has 2 atom stereocenters. The van der Waals surface area contributed by atoms with Gasteiger partial charge in [0.15, 0.2) is 5.13 Å². The van der Waals surface area contributed by atoms with E-state index in [1.807, 2.05) is 24.1 Å². The molecule has 0 aromatic carbocycles. The molecule has 0 saturated carbocycles. The van der Waals surface area contributed by atoms with Crippen molar-refractivity contribution in [3.63, 3.8) is 0 Å². The predicted octanol–water partition coefficient (Wildman–Crippen LogP) is 2.94. The number of urea groups is 1. The third kappa shape index (κ3) is 5.20. The van der Waals surface area contributed by atoms with E-state index in [0.717, 1.165) is 19.4 Å². The van der Waals surface area contributed by atoms with E-state index in [9.17, 15) is 9.59 Å². The van der Waals surface area contributed by atoms with Crippen molar-refractivity contribution in [3.05, 3.63) is 11.6 Å². The summed E-state index contributed by atoms with van der Waals surface area (Å²) in [6.45, 7) is 7.49. The summed E-state index contributed by atoms with van der Waals surface area (Å²) in [5, 5.41) is 8.29. The van der Waals surface area contributed by atoms with Gasteiger partial charge in [0.2, 0.25) is 5.91 Å². The van der Waals surface area contributed by atoms with E-state index in [2.05, 4.69) is 22.5 Å². The van der Waals surface area contributed by atoms with Gasteiger partial charge >= 0.3 is 6.03 Å². The minimum absolute atomic E-state index is 0.00383. The molecule has 2 heterocycles. The Kier molecular flexibility index (Phi) is 6.38. The number of carbonyl (C=O) groups is 2. The van der Waals surface area contributed by atoms with E-state index in [1.165, 1.54) is 11.3 Å². The van der Waals surface area contributed by atoms with Crippen LogP contribution in [0.4, 0.5) is 9.93 Å². The van der Waals surface area contributed by atoms with Crippen LogP contribution in [-0.4, -0.2) is 41.0 Å². The van der Waals surface area contributed by atoms with Crippen LogP contribution in [0.15, 0.2) is 11.6 Å². The highest BCUT2D eigenvalue weighted by Gasteiger charge is 2.31. The quantitative estimate of drug-likeness (QED) is 0.867. The molecule has 0 bridgehead atoms. The third-order valence-electron chi connectivity index (χ3n) is 4.24. The van der Waals surface area contributed by atoms with Gasteiger partial charge in [0.25, 0.3) is 0 Å². The number of anilines is 1. The molecule has 1 fully saturated rings. The van der Waals surface area contributed by atoms with E-state index in [0.29, 0.717) is 29.9 Å². The van der Waals surface area contributed by atoms with Crippen LogP contribution in [0.25, 0.3) is 0 Å². The van der Waals surface area contributed by atoms with Crippen LogP contribution >= 0.6 is 11.3 Å². The van der Waals surface area contributed by atoms with Crippen LogP contribution < -0.4 is 10.6 Å². The molecular formula is C16H26N4O2S. The summed E-state index contributed by atoms with van der Waals surface area (Å²) >= 11 is 1.43. The highest BCUT2D eigenvalue weighted by molar-refractivity contribution is 7.13. The number of nitrogens with zero attached hydrogens (tertiary/aromatic N) is 2. The lowest BCUT2D eigenvalue weighted by atomic mass is 9.81. The summed E-state index contributed by atoms with van der Waals surface area (Å²) in [7, 11) is 0. The number of likely N-dealkylation sites (tertiary alicyclic amines) is 1. The Labute approximate surface area is 141 Å². The Morgan fingerprint density at radius 3 is 2.83 bits per heavy atom. The van der Waals surface area contributed by atoms with E-state index in [4.69, 9.17) is 0 Å². The van der Waals surface area contributed by atoms with Gasteiger partial charge < -0.3 is 15.5 Å². The van der Waals surface area contributed by atoms with Gasteiger partial charge in [0.1, 0.15) is 0 Å². The maximum atomic E-state index is 12.2. The SMILES string of the molecule is CC[C@H]1CN(C(=O)NC(C)C)CC[C@H]1CC(=O)Nc1nccs1. The first kappa shape index (κ1) is 17.7. The van der Waals surface area contributed by atoms with Crippen molar-refractivity contribution in [3.8, 4) is 0 Å². The van der Waals surface area contributed by atoms with E-state index >= 15 is 0 Å². The molecule has 1 aromatic heterocycles. The average Bonchev–Trinajstić information content (AvgIpc) is 2.99. The van der Waals surface area contributed by atoms with Gasteiger partial charge in [-0.3, -0.25) is 4.79 Å². The van der Waals surface area contributed by atoms with Crippen molar-refractivity contribution in [1.82, 2.24) is 15.2 Å². The first-order chi connectivity index (χ1) is 11.0. The molecule has 1 aliphatic heterocycles. The molecule has 0 unspecified atom stereocenters. The van der Waals surface area contributed by atoms with Crippen molar-refractivity contribution >= 4 is 28.4 Å². The smallest absolute Gasteiger partial charge is 0.317 e. The molecule has 128 valence electrons. The summed E-state index contributed by atoms with van der Waals surface area (Å²) < 4.78 is 0. The number of rotatable bonds is 5. The summed E-state index contributed by atoms with van der Waals surface area (Å²) in [6, 6.07) is 0.147. The zero-order valence-corrected chi connectivity index (χ0v) is 14.9. The number of hydrogen-bond donors (Lipinski definition) is 2.